The molecule has 0 bridgehead atoms. The molecule has 0 spiro atoms. The number of hydrogen-bond donors (Lipinski definition) is 0. The molecule has 22 heavy (non-hydrogen) atoms. The van der Waals surface area contributed by atoms with Gasteiger partial charge in [-0.15, -0.1) is 6.58 Å². The van der Waals surface area contributed by atoms with Gasteiger partial charge in [-0.05, 0) is 37.3 Å². The Labute approximate surface area is 131 Å². The molecule has 1 aromatic rings. The lowest BCUT2D eigenvalue weighted by atomic mass is 9.91. The Hall–Kier alpha value is -2.13. The van der Waals surface area contributed by atoms with Crippen molar-refractivity contribution in [3.8, 4) is 0 Å². The molecule has 0 aromatic heterocycles. The van der Waals surface area contributed by atoms with Crippen LogP contribution in [0.1, 0.15) is 25.7 Å². The van der Waals surface area contributed by atoms with Crippen molar-refractivity contribution in [2.75, 3.05) is 10.6 Å². The van der Waals surface area contributed by atoms with Crippen LogP contribution in [0.2, 0.25) is 0 Å². The molecule has 0 saturated carbocycles. The topological polar surface area (TPSA) is 65.5 Å². The average Bonchev–Trinajstić information content (AvgIpc) is 2.49. The monoisotopic (exact) mass is 318 g/mol. The van der Waals surface area contributed by atoms with Gasteiger partial charge in [-0.1, -0.05) is 24.3 Å². The third-order valence-electron chi connectivity index (χ3n) is 3.76. The van der Waals surface area contributed by atoms with Gasteiger partial charge in [0.15, 0.2) is 4.98 Å². The maximum atomic E-state index is 12.4. The van der Waals surface area contributed by atoms with Crippen LogP contribution in [0, 0.1) is 5.39 Å². The molecule has 1 unspecified atom stereocenters. The van der Waals surface area contributed by atoms with E-state index < -0.39 is 10.0 Å². The first-order valence-electron chi connectivity index (χ1n) is 7.22. The number of anilines is 1. The van der Waals surface area contributed by atoms with Crippen LogP contribution in [0.15, 0.2) is 48.6 Å². The first-order valence-corrected chi connectivity index (χ1v) is 9.07. The standard InChI is InChI=1S/C16H20N3O2S/c1-3-8-13-9-4-6-11-15(13)19(22(2,20)21)16-12-7-5-10-14(16)18-17/h3,5,7,9-10,12,15H,1,4,6,8,11H2,2H3/q+1. The second-order valence-corrected chi connectivity index (χ2v) is 7.23. The average molecular weight is 318 g/mol. The molecule has 0 radical (unpaired) electrons. The predicted octanol–water partition coefficient (Wildman–Crippen LogP) is 3.99. The molecule has 5 nitrogen and oxygen atoms in total. The summed E-state index contributed by atoms with van der Waals surface area (Å²) < 4.78 is 26.2. The molecule has 1 aromatic carbocycles. The Morgan fingerprint density at radius 1 is 1.45 bits per heavy atom. The normalized spacial score (nSPS) is 18.2. The van der Waals surface area contributed by atoms with Gasteiger partial charge in [-0.25, -0.2) is 8.42 Å². The zero-order valence-corrected chi connectivity index (χ0v) is 13.5. The van der Waals surface area contributed by atoms with Crippen LogP contribution >= 0.6 is 0 Å². The van der Waals surface area contributed by atoms with Crippen molar-refractivity contribution >= 4 is 21.4 Å². The number of sulfonamides is 1. The van der Waals surface area contributed by atoms with Gasteiger partial charge in [0, 0.05) is 6.07 Å². The van der Waals surface area contributed by atoms with Gasteiger partial charge in [0.2, 0.25) is 15.4 Å². The van der Waals surface area contributed by atoms with E-state index in [2.05, 4.69) is 17.6 Å². The summed E-state index contributed by atoms with van der Waals surface area (Å²) in [4.78, 5) is 3.23. The summed E-state index contributed by atoms with van der Waals surface area (Å²) in [5, 5.41) is 9.17. The van der Waals surface area contributed by atoms with Crippen LogP contribution in [0.3, 0.4) is 0 Å². The molecule has 1 aliphatic carbocycles. The van der Waals surface area contributed by atoms with Crippen LogP contribution in [0.25, 0.3) is 4.98 Å². The number of rotatable bonds is 5. The number of para-hydroxylation sites is 1. The molecule has 1 atom stereocenters. The largest absolute Gasteiger partial charge is 0.409 e. The predicted molar refractivity (Wildman–Crippen MR) is 89.0 cm³/mol. The van der Waals surface area contributed by atoms with Gasteiger partial charge in [0.1, 0.15) is 5.69 Å². The van der Waals surface area contributed by atoms with Crippen molar-refractivity contribution in [1.29, 1.82) is 5.39 Å². The number of diazo groups is 1. The van der Waals surface area contributed by atoms with Crippen molar-refractivity contribution in [3.63, 3.8) is 0 Å². The van der Waals surface area contributed by atoms with E-state index in [4.69, 9.17) is 0 Å². The Bertz CT molecular complexity index is 732. The summed E-state index contributed by atoms with van der Waals surface area (Å²) in [6, 6.07) is 6.44. The molecule has 0 amide bonds. The smallest absolute Gasteiger partial charge is 0.255 e. The Morgan fingerprint density at radius 3 is 2.82 bits per heavy atom. The highest BCUT2D eigenvalue weighted by Crippen LogP contribution is 2.37. The maximum Gasteiger partial charge on any atom is 0.409 e. The minimum atomic E-state index is -3.51. The van der Waals surface area contributed by atoms with E-state index >= 15 is 0 Å². The molecule has 2 rings (SSSR count). The third kappa shape index (κ3) is 3.37. The summed E-state index contributed by atoms with van der Waals surface area (Å²) in [7, 11) is -3.51. The Kier molecular flexibility index (Phi) is 4.99. The second-order valence-electron chi connectivity index (χ2n) is 5.37. The van der Waals surface area contributed by atoms with Crippen LogP contribution < -0.4 is 4.31 Å². The summed E-state index contributed by atoms with van der Waals surface area (Å²) in [6.07, 6.45) is 8.32. The van der Waals surface area contributed by atoms with Gasteiger partial charge >= 0.3 is 5.69 Å². The van der Waals surface area contributed by atoms with E-state index in [0.29, 0.717) is 12.1 Å². The number of hydrogen-bond acceptors (Lipinski definition) is 3. The quantitative estimate of drug-likeness (QED) is 0.609. The van der Waals surface area contributed by atoms with Crippen molar-refractivity contribution < 1.29 is 8.42 Å². The van der Waals surface area contributed by atoms with Crippen LogP contribution in [0.4, 0.5) is 11.4 Å². The summed E-state index contributed by atoms with van der Waals surface area (Å²) in [5.41, 5.74) is 1.69. The van der Waals surface area contributed by atoms with Crippen LogP contribution in [-0.4, -0.2) is 20.7 Å². The van der Waals surface area contributed by atoms with Crippen molar-refractivity contribution in [3.05, 3.63) is 53.5 Å². The first-order chi connectivity index (χ1) is 10.5. The molecule has 0 N–H and O–H groups in total. The fraction of sp³-hybridized carbons (Fsp3) is 0.375. The van der Waals surface area contributed by atoms with Gasteiger partial charge in [-0.2, -0.15) is 0 Å². The van der Waals surface area contributed by atoms with Crippen molar-refractivity contribution in [1.82, 2.24) is 0 Å². The summed E-state index contributed by atoms with van der Waals surface area (Å²) >= 11 is 0. The van der Waals surface area contributed by atoms with Gasteiger partial charge in [0.05, 0.1) is 12.3 Å². The van der Waals surface area contributed by atoms with E-state index in [9.17, 15) is 13.8 Å². The fourth-order valence-corrected chi connectivity index (χ4v) is 4.10. The van der Waals surface area contributed by atoms with E-state index in [1.165, 1.54) is 10.6 Å². The Morgan fingerprint density at radius 2 is 2.18 bits per heavy atom. The molecule has 0 aliphatic heterocycles. The minimum Gasteiger partial charge on any atom is -0.255 e. The molecule has 116 valence electrons. The lowest BCUT2D eigenvalue weighted by Gasteiger charge is -2.34. The molecule has 0 heterocycles. The number of allylic oxidation sites excluding steroid dienone is 2. The molecular weight excluding hydrogens is 298 g/mol. The van der Waals surface area contributed by atoms with Crippen molar-refractivity contribution in [2.24, 2.45) is 0 Å². The molecule has 6 heteroatoms. The van der Waals surface area contributed by atoms with E-state index in [0.717, 1.165) is 24.8 Å². The summed E-state index contributed by atoms with van der Waals surface area (Å²) in [5.74, 6) is 0. The van der Waals surface area contributed by atoms with E-state index in [1.54, 1.807) is 30.3 Å². The minimum absolute atomic E-state index is 0.247. The lowest BCUT2D eigenvalue weighted by Crippen LogP contribution is -2.42. The van der Waals surface area contributed by atoms with Gasteiger partial charge < -0.3 is 0 Å². The highest BCUT2D eigenvalue weighted by Gasteiger charge is 2.34. The molecular formula is C16H20N3O2S+. The molecule has 1 aliphatic rings. The number of benzene rings is 1. The maximum absolute atomic E-state index is 12.4. The lowest BCUT2D eigenvalue weighted by molar-refractivity contribution is 0.563. The zero-order valence-electron chi connectivity index (χ0n) is 12.6. The highest BCUT2D eigenvalue weighted by molar-refractivity contribution is 7.92. The third-order valence-corrected chi connectivity index (χ3v) is 4.93. The SMILES string of the molecule is C=CCC1=CCCCC1N(c1ccccc1[N+]#N)S(C)(=O)=O. The molecule has 0 fully saturated rings. The van der Waals surface area contributed by atoms with Gasteiger partial charge in [-0.3, -0.25) is 4.31 Å². The summed E-state index contributed by atoms with van der Waals surface area (Å²) in [6.45, 7) is 3.75. The highest BCUT2D eigenvalue weighted by atomic mass is 32.2. The molecule has 0 saturated heterocycles. The zero-order chi connectivity index (χ0) is 16.2. The van der Waals surface area contributed by atoms with Crippen molar-refractivity contribution in [2.45, 2.75) is 31.7 Å². The second kappa shape index (κ2) is 6.75. The van der Waals surface area contributed by atoms with Crippen LogP contribution in [0.5, 0.6) is 0 Å². The van der Waals surface area contributed by atoms with Gasteiger partial charge in [0.25, 0.3) is 0 Å². The first kappa shape index (κ1) is 16.2. The van der Waals surface area contributed by atoms with E-state index in [1.807, 2.05) is 0 Å². The fourth-order valence-electron chi connectivity index (χ4n) is 2.89. The Balaban J connectivity index is 2.57. The van der Waals surface area contributed by atoms with Crippen LogP contribution in [-0.2, 0) is 10.0 Å². The van der Waals surface area contributed by atoms with E-state index in [-0.39, 0.29) is 11.7 Å². The number of nitrogens with zero attached hydrogens (tertiary/aromatic N) is 3.